The van der Waals surface area contributed by atoms with E-state index in [9.17, 15) is 4.79 Å². The molecule has 4 rings (SSSR count). The highest BCUT2D eigenvalue weighted by Gasteiger charge is 2.24. The summed E-state index contributed by atoms with van der Waals surface area (Å²) in [6.45, 7) is 6.23. The van der Waals surface area contributed by atoms with Crippen LogP contribution in [-0.2, 0) is 0 Å². The Bertz CT molecular complexity index is 1040. The first-order valence-electron chi connectivity index (χ1n) is 9.86. The van der Waals surface area contributed by atoms with Crippen molar-refractivity contribution in [2.24, 2.45) is 5.92 Å². The Morgan fingerprint density at radius 2 is 2.07 bits per heavy atom. The maximum Gasteiger partial charge on any atom is 0.276 e. The normalized spacial score (nSPS) is 19.1. The van der Waals surface area contributed by atoms with Gasteiger partial charge in [0.05, 0.1) is 24.4 Å². The highest BCUT2D eigenvalue weighted by atomic mass is 16.5. The topological polar surface area (TPSA) is 81.9 Å². The quantitative estimate of drug-likeness (QED) is 0.652. The van der Waals surface area contributed by atoms with Gasteiger partial charge in [0.1, 0.15) is 5.75 Å². The lowest BCUT2D eigenvalue weighted by molar-refractivity contribution is 0.102. The third kappa shape index (κ3) is 3.99. The number of nitrogens with zero attached hydrogens (tertiary/aromatic N) is 4. The van der Waals surface area contributed by atoms with Gasteiger partial charge in [-0.2, -0.15) is 10.2 Å². The van der Waals surface area contributed by atoms with Gasteiger partial charge >= 0.3 is 0 Å². The van der Waals surface area contributed by atoms with Crippen molar-refractivity contribution in [2.75, 3.05) is 12.4 Å². The summed E-state index contributed by atoms with van der Waals surface area (Å²) in [5.74, 6) is 0.853. The first-order chi connectivity index (χ1) is 14.0. The van der Waals surface area contributed by atoms with Crippen LogP contribution < -0.4 is 10.1 Å². The molecule has 3 aromatic rings. The van der Waals surface area contributed by atoms with E-state index < -0.39 is 0 Å². The number of anilines is 1. The van der Waals surface area contributed by atoms with Crippen LogP contribution in [0, 0.1) is 5.92 Å². The van der Waals surface area contributed by atoms with Crippen LogP contribution in [0.3, 0.4) is 0 Å². The maximum atomic E-state index is 12.5. The molecular formula is C22H25N5O2. The van der Waals surface area contributed by atoms with Gasteiger partial charge in [-0.1, -0.05) is 12.2 Å². The molecule has 1 aromatic carbocycles. The fourth-order valence-corrected chi connectivity index (χ4v) is 3.97. The molecule has 7 heteroatoms. The molecule has 0 spiro atoms. The summed E-state index contributed by atoms with van der Waals surface area (Å²) in [5, 5.41) is 16.2. The summed E-state index contributed by atoms with van der Waals surface area (Å²) in [7, 11) is 1.58. The average molecular weight is 391 g/mol. The van der Waals surface area contributed by atoms with Gasteiger partial charge in [0.2, 0.25) is 0 Å². The molecule has 1 aliphatic rings. The third-order valence-corrected chi connectivity index (χ3v) is 5.66. The molecule has 2 aromatic heterocycles. The lowest BCUT2D eigenvalue weighted by atomic mass is 9.82. The van der Waals surface area contributed by atoms with Crippen molar-refractivity contribution >= 4 is 22.5 Å². The van der Waals surface area contributed by atoms with Gasteiger partial charge in [0.15, 0.2) is 5.69 Å². The number of rotatable bonds is 5. The number of fused-ring (bicyclic) bond motifs is 1. The molecular weight excluding hydrogens is 366 g/mol. The van der Waals surface area contributed by atoms with Gasteiger partial charge in [-0.05, 0) is 56.7 Å². The summed E-state index contributed by atoms with van der Waals surface area (Å²) < 4.78 is 7.54. The predicted molar refractivity (Wildman–Crippen MR) is 112 cm³/mol. The van der Waals surface area contributed by atoms with Crippen LogP contribution in [0.5, 0.6) is 5.75 Å². The number of aromatic nitrogens is 4. The second-order valence-electron chi connectivity index (χ2n) is 7.64. The van der Waals surface area contributed by atoms with Gasteiger partial charge in [-0.15, -0.1) is 5.10 Å². The van der Waals surface area contributed by atoms with Gasteiger partial charge in [-0.3, -0.25) is 9.48 Å². The molecule has 1 aliphatic carbocycles. The van der Waals surface area contributed by atoms with Gasteiger partial charge in [0, 0.05) is 23.8 Å². The minimum Gasteiger partial charge on any atom is -0.494 e. The minimum atomic E-state index is -0.332. The number of amides is 1. The SMILES string of the molecule is C=C(C)[C@H]1CC[C@H](n2cc3cc(NC(=O)c4cccnn4)c(OC)cc3n2)CC1. The Morgan fingerprint density at radius 3 is 2.72 bits per heavy atom. The van der Waals surface area contributed by atoms with Crippen LogP contribution in [0.1, 0.15) is 49.1 Å². The summed E-state index contributed by atoms with van der Waals surface area (Å²) in [6.07, 6.45) is 8.08. The number of nitrogens with one attached hydrogen (secondary N) is 1. The van der Waals surface area contributed by atoms with Crippen molar-refractivity contribution in [1.29, 1.82) is 0 Å². The van der Waals surface area contributed by atoms with Crippen LogP contribution in [0.2, 0.25) is 0 Å². The van der Waals surface area contributed by atoms with E-state index in [4.69, 9.17) is 9.84 Å². The molecule has 2 heterocycles. The standard InChI is InChI=1S/C22H25N5O2/c1-14(2)15-6-8-17(9-7-15)27-13-16-11-20(21(29-3)12-19(16)26-27)24-22(28)18-5-4-10-23-25-18/h4-5,10-13,15,17H,1,6-9H2,2-3H3,(H,24,28)/t15-,17-. The lowest BCUT2D eigenvalue weighted by Gasteiger charge is -2.28. The van der Waals surface area contributed by atoms with Crippen LogP contribution in [0.4, 0.5) is 5.69 Å². The molecule has 0 bridgehead atoms. The summed E-state index contributed by atoms with van der Waals surface area (Å²) in [6, 6.07) is 7.44. The fourth-order valence-electron chi connectivity index (χ4n) is 3.97. The smallest absolute Gasteiger partial charge is 0.276 e. The molecule has 1 N–H and O–H groups in total. The molecule has 7 nitrogen and oxygen atoms in total. The van der Waals surface area contributed by atoms with Gasteiger partial charge in [0.25, 0.3) is 5.91 Å². The van der Waals surface area contributed by atoms with E-state index in [-0.39, 0.29) is 11.6 Å². The van der Waals surface area contributed by atoms with Gasteiger partial charge in [-0.25, -0.2) is 0 Å². The maximum absolute atomic E-state index is 12.5. The first kappa shape index (κ1) is 19.1. The number of carbonyl (C=O) groups is 1. The van der Waals surface area contributed by atoms with Gasteiger partial charge < -0.3 is 10.1 Å². The molecule has 1 fully saturated rings. The van der Waals surface area contributed by atoms with Crippen molar-refractivity contribution in [2.45, 2.75) is 38.6 Å². The molecule has 0 atom stereocenters. The number of allylic oxidation sites excluding steroid dienone is 1. The van der Waals surface area contributed by atoms with E-state index in [1.807, 2.05) is 12.1 Å². The average Bonchev–Trinajstić information content (AvgIpc) is 3.16. The number of ether oxygens (including phenoxy) is 1. The zero-order chi connectivity index (χ0) is 20.4. The minimum absolute atomic E-state index is 0.250. The van der Waals surface area contributed by atoms with Crippen molar-refractivity contribution in [3.8, 4) is 5.75 Å². The van der Waals surface area contributed by atoms with E-state index in [1.165, 1.54) is 11.8 Å². The van der Waals surface area contributed by atoms with Crippen LogP contribution in [-0.4, -0.2) is 33.0 Å². The van der Waals surface area contributed by atoms with Crippen molar-refractivity contribution < 1.29 is 9.53 Å². The van der Waals surface area contributed by atoms with E-state index >= 15 is 0 Å². The Morgan fingerprint density at radius 1 is 1.28 bits per heavy atom. The Balaban J connectivity index is 1.57. The number of hydrogen-bond acceptors (Lipinski definition) is 5. The number of benzene rings is 1. The first-order valence-corrected chi connectivity index (χ1v) is 9.86. The molecule has 0 aliphatic heterocycles. The molecule has 0 unspecified atom stereocenters. The van der Waals surface area contributed by atoms with Crippen LogP contribution >= 0.6 is 0 Å². The van der Waals surface area contributed by atoms with Crippen LogP contribution in [0.15, 0.2) is 48.8 Å². The Labute approximate surface area is 169 Å². The highest BCUT2D eigenvalue weighted by Crippen LogP contribution is 2.36. The van der Waals surface area contributed by atoms with E-state index in [2.05, 4.69) is 39.9 Å². The highest BCUT2D eigenvalue weighted by molar-refractivity contribution is 6.04. The summed E-state index contributed by atoms with van der Waals surface area (Å²) >= 11 is 0. The lowest BCUT2D eigenvalue weighted by Crippen LogP contribution is -2.18. The number of methoxy groups -OCH3 is 1. The van der Waals surface area contributed by atoms with E-state index in [0.29, 0.717) is 23.4 Å². The number of carbonyl (C=O) groups excluding carboxylic acids is 1. The molecule has 0 saturated heterocycles. The zero-order valence-corrected chi connectivity index (χ0v) is 16.8. The van der Waals surface area contributed by atoms with E-state index in [0.717, 1.165) is 36.6 Å². The van der Waals surface area contributed by atoms with Crippen molar-refractivity contribution in [1.82, 2.24) is 20.0 Å². The second-order valence-corrected chi connectivity index (χ2v) is 7.64. The third-order valence-electron chi connectivity index (χ3n) is 5.66. The summed E-state index contributed by atoms with van der Waals surface area (Å²) in [4.78, 5) is 12.5. The molecule has 1 saturated carbocycles. The summed E-state index contributed by atoms with van der Waals surface area (Å²) in [5.41, 5.74) is 2.96. The molecule has 0 radical (unpaired) electrons. The fraction of sp³-hybridized carbons (Fsp3) is 0.364. The molecule has 150 valence electrons. The molecule has 29 heavy (non-hydrogen) atoms. The zero-order valence-electron chi connectivity index (χ0n) is 16.8. The predicted octanol–water partition coefficient (Wildman–Crippen LogP) is 4.39. The van der Waals surface area contributed by atoms with E-state index in [1.54, 1.807) is 19.2 Å². The Hall–Kier alpha value is -3.22. The van der Waals surface area contributed by atoms with Crippen molar-refractivity contribution in [3.63, 3.8) is 0 Å². The number of hydrogen-bond donors (Lipinski definition) is 1. The van der Waals surface area contributed by atoms with Crippen LogP contribution in [0.25, 0.3) is 10.9 Å². The molecule has 1 amide bonds. The Kier molecular flexibility index (Phi) is 5.29. The second kappa shape index (κ2) is 8.03. The largest absolute Gasteiger partial charge is 0.494 e. The van der Waals surface area contributed by atoms with Crippen molar-refractivity contribution in [3.05, 3.63) is 54.5 Å². The monoisotopic (exact) mass is 391 g/mol.